The molecule has 4 nitrogen and oxygen atoms in total. The van der Waals surface area contributed by atoms with Crippen molar-refractivity contribution >= 4 is 17.3 Å². The molecule has 1 saturated heterocycles. The van der Waals surface area contributed by atoms with Gasteiger partial charge in [0.25, 0.3) is 0 Å². The molecule has 0 aromatic heterocycles. The van der Waals surface area contributed by atoms with Crippen LogP contribution in [0.1, 0.15) is 45.4 Å². The molecule has 1 aliphatic heterocycles. The molecule has 1 saturated carbocycles. The lowest BCUT2D eigenvalue weighted by atomic mass is 9.92. The summed E-state index contributed by atoms with van der Waals surface area (Å²) in [6, 6.07) is 9.25. The average molecular weight is 315 g/mol. The zero-order chi connectivity index (χ0) is 16.2. The van der Waals surface area contributed by atoms with Crippen LogP contribution in [0.25, 0.3) is 0 Å². The van der Waals surface area contributed by atoms with Crippen LogP contribution < -0.4 is 15.5 Å². The van der Waals surface area contributed by atoms with Crippen LogP contribution in [0.2, 0.25) is 0 Å². The van der Waals surface area contributed by atoms with Gasteiger partial charge in [-0.15, -0.1) is 0 Å². The fourth-order valence-corrected chi connectivity index (χ4v) is 3.98. The second kappa shape index (κ2) is 7.35. The molecule has 1 aromatic carbocycles. The minimum absolute atomic E-state index is 0.121. The fourth-order valence-electron chi connectivity index (χ4n) is 3.98. The number of hydrogen-bond acceptors (Lipinski definition) is 3. The van der Waals surface area contributed by atoms with Crippen molar-refractivity contribution < 1.29 is 4.79 Å². The van der Waals surface area contributed by atoms with Gasteiger partial charge in [0.2, 0.25) is 5.91 Å². The van der Waals surface area contributed by atoms with Crippen LogP contribution in [-0.4, -0.2) is 31.6 Å². The lowest BCUT2D eigenvalue weighted by molar-refractivity contribution is -0.120. The molecule has 3 rings (SSSR count). The summed E-state index contributed by atoms with van der Waals surface area (Å²) in [6.07, 6.45) is 6.99. The number of carbonyl (C=O) groups excluding carboxylic acids is 1. The number of carbonyl (C=O) groups is 1. The van der Waals surface area contributed by atoms with Gasteiger partial charge >= 0.3 is 0 Å². The molecule has 126 valence electrons. The number of hydrogen-bond donors (Lipinski definition) is 2. The van der Waals surface area contributed by atoms with Crippen molar-refractivity contribution in [1.82, 2.24) is 5.32 Å². The van der Waals surface area contributed by atoms with E-state index in [1.165, 1.54) is 25.7 Å². The van der Waals surface area contributed by atoms with Crippen molar-refractivity contribution in [2.75, 3.05) is 23.8 Å². The Hall–Kier alpha value is -1.55. The molecule has 1 aliphatic carbocycles. The van der Waals surface area contributed by atoms with Gasteiger partial charge in [0.05, 0.1) is 11.4 Å². The Balaban J connectivity index is 1.71. The van der Waals surface area contributed by atoms with Crippen LogP contribution in [0.3, 0.4) is 0 Å². The fraction of sp³-hybridized carbons (Fsp3) is 0.632. The van der Waals surface area contributed by atoms with Gasteiger partial charge in [-0.3, -0.25) is 4.79 Å². The smallest absolute Gasteiger partial charge is 0.227 e. The molecule has 1 aromatic rings. The minimum Gasteiger partial charge on any atom is -0.370 e. The van der Waals surface area contributed by atoms with E-state index in [4.69, 9.17) is 0 Å². The van der Waals surface area contributed by atoms with E-state index >= 15 is 0 Å². The maximum absolute atomic E-state index is 12.7. The van der Waals surface area contributed by atoms with Crippen molar-refractivity contribution in [1.29, 1.82) is 0 Å². The summed E-state index contributed by atoms with van der Waals surface area (Å²) in [4.78, 5) is 15.0. The molecule has 1 amide bonds. The van der Waals surface area contributed by atoms with E-state index in [-0.39, 0.29) is 11.8 Å². The SMILES string of the molecule is C[C@H]1C[C@@H](C(=O)Nc2ccccc2N(C)C2CCCC2)CCN1. The van der Waals surface area contributed by atoms with Gasteiger partial charge in [-0.05, 0) is 51.3 Å². The normalized spacial score (nSPS) is 25.3. The zero-order valence-electron chi connectivity index (χ0n) is 14.3. The van der Waals surface area contributed by atoms with E-state index in [9.17, 15) is 4.79 Å². The zero-order valence-corrected chi connectivity index (χ0v) is 14.3. The number of anilines is 2. The average Bonchev–Trinajstić information content (AvgIpc) is 3.09. The molecule has 0 bridgehead atoms. The largest absolute Gasteiger partial charge is 0.370 e. The van der Waals surface area contributed by atoms with Crippen molar-refractivity contribution in [2.24, 2.45) is 5.92 Å². The Morgan fingerprint density at radius 2 is 1.96 bits per heavy atom. The van der Waals surface area contributed by atoms with Gasteiger partial charge in [-0.2, -0.15) is 0 Å². The van der Waals surface area contributed by atoms with Gasteiger partial charge in [0.15, 0.2) is 0 Å². The van der Waals surface area contributed by atoms with Gasteiger partial charge in [-0.25, -0.2) is 0 Å². The number of para-hydroxylation sites is 2. The number of nitrogens with one attached hydrogen (secondary N) is 2. The number of amides is 1. The monoisotopic (exact) mass is 315 g/mol. The first-order chi connectivity index (χ1) is 11.1. The summed E-state index contributed by atoms with van der Waals surface area (Å²) in [7, 11) is 2.16. The molecule has 2 fully saturated rings. The third kappa shape index (κ3) is 3.86. The number of nitrogens with zero attached hydrogens (tertiary/aromatic N) is 1. The van der Waals surface area contributed by atoms with E-state index in [0.717, 1.165) is 30.8 Å². The molecule has 0 unspecified atom stereocenters. The summed E-state index contributed by atoms with van der Waals surface area (Å²) >= 11 is 0. The minimum atomic E-state index is 0.121. The quantitative estimate of drug-likeness (QED) is 0.895. The van der Waals surface area contributed by atoms with Gasteiger partial charge < -0.3 is 15.5 Å². The third-order valence-corrected chi connectivity index (χ3v) is 5.41. The van der Waals surface area contributed by atoms with Crippen molar-refractivity contribution in [3.8, 4) is 0 Å². The predicted octanol–water partition coefficient (Wildman–Crippen LogP) is 3.39. The lowest BCUT2D eigenvalue weighted by Crippen LogP contribution is -2.40. The summed E-state index contributed by atoms with van der Waals surface area (Å²) in [5, 5.41) is 6.61. The summed E-state index contributed by atoms with van der Waals surface area (Å²) in [5.74, 6) is 0.293. The first-order valence-corrected chi connectivity index (χ1v) is 9.01. The Morgan fingerprint density at radius 3 is 2.70 bits per heavy atom. The summed E-state index contributed by atoms with van der Waals surface area (Å²) in [6.45, 7) is 3.09. The first kappa shape index (κ1) is 16.3. The topological polar surface area (TPSA) is 44.4 Å². The van der Waals surface area contributed by atoms with E-state index in [1.807, 2.05) is 12.1 Å². The van der Waals surface area contributed by atoms with Gasteiger partial charge in [0.1, 0.15) is 0 Å². The van der Waals surface area contributed by atoms with Gasteiger partial charge in [-0.1, -0.05) is 25.0 Å². The van der Waals surface area contributed by atoms with Crippen LogP contribution >= 0.6 is 0 Å². The predicted molar refractivity (Wildman–Crippen MR) is 95.9 cm³/mol. The molecule has 23 heavy (non-hydrogen) atoms. The Kier molecular flexibility index (Phi) is 5.21. The van der Waals surface area contributed by atoms with Gasteiger partial charge in [0, 0.05) is 25.0 Å². The van der Waals surface area contributed by atoms with Crippen molar-refractivity contribution in [2.45, 2.75) is 57.5 Å². The number of piperidine rings is 1. The second-order valence-electron chi connectivity index (χ2n) is 7.13. The number of rotatable bonds is 4. The molecule has 0 radical (unpaired) electrons. The van der Waals surface area contributed by atoms with Crippen LogP contribution in [0.5, 0.6) is 0 Å². The molecule has 4 heteroatoms. The molecular weight excluding hydrogens is 286 g/mol. The molecule has 2 aliphatic rings. The second-order valence-corrected chi connectivity index (χ2v) is 7.13. The highest BCUT2D eigenvalue weighted by Crippen LogP contribution is 2.32. The highest BCUT2D eigenvalue weighted by atomic mass is 16.1. The van der Waals surface area contributed by atoms with E-state index in [0.29, 0.717) is 12.1 Å². The first-order valence-electron chi connectivity index (χ1n) is 9.01. The van der Waals surface area contributed by atoms with Crippen LogP contribution in [0, 0.1) is 5.92 Å². The van der Waals surface area contributed by atoms with E-state index < -0.39 is 0 Å². The summed E-state index contributed by atoms with van der Waals surface area (Å²) < 4.78 is 0. The Morgan fingerprint density at radius 1 is 1.22 bits per heavy atom. The maximum Gasteiger partial charge on any atom is 0.227 e. The summed E-state index contributed by atoms with van der Waals surface area (Å²) in [5.41, 5.74) is 2.10. The van der Waals surface area contributed by atoms with Crippen molar-refractivity contribution in [3.05, 3.63) is 24.3 Å². The molecule has 2 atom stereocenters. The van der Waals surface area contributed by atoms with Crippen LogP contribution in [0.15, 0.2) is 24.3 Å². The molecule has 2 N–H and O–H groups in total. The van der Waals surface area contributed by atoms with E-state index in [2.05, 4.69) is 41.6 Å². The Labute approximate surface area is 139 Å². The molecule has 0 spiro atoms. The van der Waals surface area contributed by atoms with Crippen LogP contribution in [0.4, 0.5) is 11.4 Å². The molecule has 1 heterocycles. The third-order valence-electron chi connectivity index (χ3n) is 5.41. The highest BCUT2D eigenvalue weighted by molar-refractivity contribution is 5.96. The number of benzene rings is 1. The van der Waals surface area contributed by atoms with Crippen molar-refractivity contribution in [3.63, 3.8) is 0 Å². The lowest BCUT2D eigenvalue weighted by Gasteiger charge is -2.30. The standard InChI is InChI=1S/C19H29N3O/c1-14-13-15(11-12-20-14)19(23)21-17-9-5-6-10-18(17)22(2)16-7-3-4-8-16/h5-6,9-10,14-16,20H,3-4,7-8,11-13H2,1-2H3,(H,21,23)/t14-,15-/m0/s1. The molecular formula is C19H29N3O. The maximum atomic E-state index is 12.7. The van der Waals surface area contributed by atoms with E-state index in [1.54, 1.807) is 0 Å². The highest BCUT2D eigenvalue weighted by Gasteiger charge is 2.26. The Bertz CT molecular complexity index is 539. The van der Waals surface area contributed by atoms with Crippen LogP contribution in [-0.2, 0) is 4.79 Å².